The Morgan fingerprint density at radius 2 is 1.61 bits per heavy atom. The van der Waals surface area contributed by atoms with Crippen molar-refractivity contribution in [1.29, 1.82) is 0 Å². The molecule has 0 aliphatic heterocycles. The summed E-state index contributed by atoms with van der Waals surface area (Å²) in [4.78, 5) is 25.1. The number of ketones is 1. The van der Waals surface area contributed by atoms with Crippen molar-refractivity contribution in [3.63, 3.8) is 0 Å². The molecule has 116 valence electrons. The van der Waals surface area contributed by atoms with Gasteiger partial charge in [0.25, 0.3) is 11.7 Å². The Morgan fingerprint density at radius 3 is 2.35 bits per heavy atom. The third-order valence-electron chi connectivity index (χ3n) is 4.23. The first kappa shape index (κ1) is 15.0. The summed E-state index contributed by atoms with van der Waals surface area (Å²) in [7, 11) is 1.90. The lowest BCUT2D eigenvalue weighted by atomic mass is 10.1. The van der Waals surface area contributed by atoms with E-state index >= 15 is 0 Å². The molecule has 3 aromatic rings. The van der Waals surface area contributed by atoms with E-state index in [0.29, 0.717) is 11.3 Å². The van der Waals surface area contributed by atoms with E-state index < -0.39 is 11.7 Å². The fourth-order valence-corrected chi connectivity index (χ4v) is 2.81. The minimum Gasteiger partial charge on any atom is -0.347 e. The molecule has 1 heterocycles. The van der Waals surface area contributed by atoms with Crippen molar-refractivity contribution in [1.82, 2.24) is 4.57 Å². The summed E-state index contributed by atoms with van der Waals surface area (Å²) in [6, 6.07) is 15.0. The standard InChI is InChI=1S/C19H18N2O2/c1-12-8-4-6-10-15(12)20-19(23)18(22)17-13(2)21(3)16-11-7-5-9-14(16)17/h4-11H,1-3H3,(H,20,23). The third-order valence-corrected chi connectivity index (χ3v) is 4.23. The van der Waals surface area contributed by atoms with Gasteiger partial charge < -0.3 is 9.88 Å². The van der Waals surface area contributed by atoms with Crippen LogP contribution >= 0.6 is 0 Å². The minimum atomic E-state index is -0.612. The van der Waals surface area contributed by atoms with Crippen LogP contribution in [0.15, 0.2) is 48.5 Å². The molecular weight excluding hydrogens is 288 g/mol. The highest BCUT2D eigenvalue weighted by Gasteiger charge is 2.24. The van der Waals surface area contributed by atoms with Crippen LogP contribution in [-0.2, 0) is 11.8 Å². The Morgan fingerprint density at radius 1 is 0.957 bits per heavy atom. The van der Waals surface area contributed by atoms with Crippen molar-refractivity contribution < 1.29 is 9.59 Å². The van der Waals surface area contributed by atoms with Crippen LogP contribution in [0.25, 0.3) is 10.9 Å². The molecule has 3 rings (SSSR count). The second kappa shape index (κ2) is 5.72. The summed E-state index contributed by atoms with van der Waals surface area (Å²) in [5, 5.41) is 3.52. The first-order valence-electron chi connectivity index (χ1n) is 7.46. The topological polar surface area (TPSA) is 51.1 Å². The predicted molar refractivity (Wildman–Crippen MR) is 91.8 cm³/mol. The molecule has 23 heavy (non-hydrogen) atoms. The number of hydrogen-bond donors (Lipinski definition) is 1. The second-order valence-corrected chi connectivity index (χ2v) is 5.63. The van der Waals surface area contributed by atoms with E-state index in [0.717, 1.165) is 22.2 Å². The molecule has 0 bridgehead atoms. The van der Waals surface area contributed by atoms with Crippen molar-refractivity contribution in [2.75, 3.05) is 5.32 Å². The van der Waals surface area contributed by atoms with Crippen LogP contribution in [0.2, 0.25) is 0 Å². The Kier molecular flexibility index (Phi) is 3.74. The fourth-order valence-electron chi connectivity index (χ4n) is 2.81. The molecule has 0 spiro atoms. The highest BCUT2D eigenvalue weighted by molar-refractivity contribution is 6.48. The van der Waals surface area contributed by atoms with Crippen molar-refractivity contribution >= 4 is 28.3 Å². The van der Waals surface area contributed by atoms with Crippen molar-refractivity contribution in [3.8, 4) is 0 Å². The summed E-state index contributed by atoms with van der Waals surface area (Å²) < 4.78 is 1.93. The van der Waals surface area contributed by atoms with Gasteiger partial charge in [-0.3, -0.25) is 9.59 Å². The predicted octanol–water partition coefficient (Wildman–Crippen LogP) is 3.62. The van der Waals surface area contributed by atoms with Crippen LogP contribution < -0.4 is 5.32 Å². The normalized spacial score (nSPS) is 10.7. The number of para-hydroxylation sites is 2. The van der Waals surface area contributed by atoms with E-state index in [9.17, 15) is 9.59 Å². The molecule has 0 radical (unpaired) electrons. The number of rotatable bonds is 3. The summed E-state index contributed by atoms with van der Waals surface area (Å²) in [6.07, 6.45) is 0. The highest BCUT2D eigenvalue weighted by atomic mass is 16.2. The number of nitrogens with one attached hydrogen (secondary N) is 1. The van der Waals surface area contributed by atoms with E-state index in [1.165, 1.54) is 0 Å². The number of hydrogen-bond acceptors (Lipinski definition) is 2. The average molecular weight is 306 g/mol. The van der Waals surface area contributed by atoms with Crippen LogP contribution in [0.1, 0.15) is 21.6 Å². The maximum Gasteiger partial charge on any atom is 0.296 e. The number of aryl methyl sites for hydroxylation is 2. The molecule has 0 saturated heterocycles. The summed E-state index contributed by atoms with van der Waals surface area (Å²) >= 11 is 0. The van der Waals surface area contributed by atoms with Gasteiger partial charge in [-0.1, -0.05) is 36.4 Å². The first-order valence-corrected chi connectivity index (χ1v) is 7.46. The molecule has 1 N–H and O–H groups in total. The smallest absolute Gasteiger partial charge is 0.296 e. The van der Waals surface area contributed by atoms with Gasteiger partial charge in [-0.15, -0.1) is 0 Å². The number of carbonyl (C=O) groups is 2. The zero-order valence-electron chi connectivity index (χ0n) is 13.4. The molecule has 0 atom stereocenters. The molecule has 4 heteroatoms. The Hall–Kier alpha value is -2.88. The van der Waals surface area contributed by atoms with Gasteiger partial charge in [-0.2, -0.15) is 0 Å². The molecule has 0 saturated carbocycles. The summed E-state index contributed by atoms with van der Waals surface area (Å²) in [5.41, 5.74) is 3.77. The van der Waals surface area contributed by atoms with Crippen molar-refractivity contribution in [3.05, 3.63) is 65.4 Å². The minimum absolute atomic E-state index is 0.467. The molecular formula is C19H18N2O2. The first-order chi connectivity index (χ1) is 11.0. The maximum atomic E-state index is 12.7. The zero-order valence-corrected chi connectivity index (χ0v) is 13.4. The van der Waals surface area contributed by atoms with E-state index in [1.807, 2.05) is 67.9 Å². The molecule has 0 aliphatic carbocycles. The van der Waals surface area contributed by atoms with E-state index in [-0.39, 0.29) is 0 Å². The van der Waals surface area contributed by atoms with Gasteiger partial charge in [-0.25, -0.2) is 0 Å². The Balaban J connectivity index is 1.99. The zero-order chi connectivity index (χ0) is 16.6. The van der Waals surface area contributed by atoms with Gasteiger partial charge in [0.05, 0.1) is 5.56 Å². The van der Waals surface area contributed by atoms with Crippen LogP contribution in [-0.4, -0.2) is 16.3 Å². The lowest BCUT2D eigenvalue weighted by Crippen LogP contribution is -2.24. The van der Waals surface area contributed by atoms with Gasteiger partial charge >= 0.3 is 0 Å². The number of aromatic nitrogens is 1. The van der Waals surface area contributed by atoms with Gasteiger partial charge in [0.15, 0.2) is 0 Å². The van der Waals surface area contributed by atoms with Crippen LogP contribution in [0.5, 0.6) is 0 Å². The van der Waals surface area contributed by atoms with Crippen LogP contribution in [0.4, 0.5) is 5.69 Å². The largest absolute Gasteiger partial charge is 0.347 e. The summed E-state index contributed by atoms with van der Waals surface area (Å²) in [5.74, 6) is -1.12. The number of anilines is 1. The second-order valence-electron chi connectivity index (χ2n) is 5.63. The lowest BCUT2D eigenvalue weighted by molar-refractivity contribution is -0.112. The van der Waals surface area contributed by atoms with Gasteiger partial charge in [0, 0.05) is 29.3 Å². The SMILES string of the molecule is Cc1ccccc1NC(=O)C(=O)c1c(C)n(C)c2ccccc12. The number of benzene rings is 2. The van der Waals surface area contributed by atoms with Gasteiger partial charge in [0.1, 0.15) is 0 Å². The number of Topliss-reactive ketones (excluding diaryl/α,β-unsaturated/α-hetero) is 1. The Labute approximate surface area is 134 Å². The van der Waals surface area contributed by atoms with E-state index in [1.54, 1.807) is 6.07 Å². The molecule has 4 nitrogen and oxygen atoms in total. The third kappa shape index (κ3) is 2.52. The highest BCUT2D eigenvalue weighted by Crippen LogP contribution is 2.25. The van der Waals surface area contributed by atoms with E-state index in [4.69, 9.17) is 0 Å². The number of nitrogens with zero attached hydrogens (tertiary/aromatic N) is 1. The van der Waals surface area contributed by atoms with Gasteiger partial charge in [-0.05, 0) is 31.5 Å². The van der Waals surface area contributed by atoms with Crippen molar-refractivity contribution in [2.24, 2.45) is 7.05 Å². The molecule has 1 amide bonds. The number of fused-ring (bicyclic) bond motifs is 1. The van der Waals surface area contributed by atoms with Crippen molar-refractivity contribution in [2.45, 2.75) is 13.8 Å². The molecule has 1 aromatic heterocycles. The quantitative estimate of drug-likeness (QED) is 0.593. The molecule has 0 unspecified atom stereocenters. The lowest BCUT2D eigenvalue weighted by Gasteiger charge is -2.07. The van der Waals surface area contributed by atoms with Crippen LogP contribution in [0, 0.1) is 13.8 Å². The number of amides is 1. The number of carbonyl (C=O) groups excluding carboxylic acids is 2. The van der Waals surface area contributed by atoms with Crippen LogP contribution in [0.3, 0.4) is 0 Å². The molecule has 0 aliphatic rings. The van der Waals surface area contributed by atoms with Gasteiger partial charge in [0.2, 0.25) is 0 Å². The Bertz CT molecular complexity index is 922. The average Bonchev–Trinajstić information content (AvgIpc) is 2.81. The maximum absolute atomic E-state index is 12.7. The van der Waals surface area contributed by atoms with E-state index in [2.05, 4.69) is 5.32 Å². The monoisotopic (exact) mass is 306 g/mol. The summed E-state index contributed by atoms with van der Waals surface area (Å²) in [6.45, 7) is 3.75. The molecule has 0 fully saturated rings. The fraction of sp³-hybridized carbons (Fsp3) is 0.158. The molecule has 2 aromatic carbocycles.